The maximum absolute atomic E-state index is 5.87. The third kappa shape index (κ3) is 4.43. The van der Waals surface area contributed by atoms with Crippen LogP contribution >= 0.6 is 0 Å². The first-order valence-corrected chi connectivity index (χ1v) is 8.36. The Morgan fingerprint density at radius 3 is 2.96 bits per heavy atom. The summed E-state index contributed by atoms with van der Waals surface area (Å²) in [6.45, 7) is 6.53. The summed E-state index contributed by atoms with van der Waals surface area (Å²) in [7, 11) is 1.59. The Morgan fingerprint density at radius 2 is 2.20 bits per heavy atom. The monoisotopic (exact) mass is 348 g/mol. The molecule has 0 aliphatic carbocycles. The van der Waals surface area contributed by atoms with E-state index in [1.807, 2.05) is 6.07 Å². The summed E-state index contributed by atoms with van der Waals surface area (Å²) < 4.78 is 16.1. The van der Waals surface area contributed by atoms with Gasteiger partial charge >= 0.3 is 0 Å². The Bertz CT molecular complexity index is 705. The van der Waals surface area contributed by atoms with E-state index < -0.39 is 0 Å². The summed E-state index contributed by atoms with van der Waals surface area (Å²) >= 11 is 0. The normalized spacial score (nSPS) is 18.1. The first-order valence-electron chi connectivity index (χ1n) is 8.36. The van der Waals surface area contributed by atoms with Crippen LogP contribution in [0.5, 0.6) is 0 Å². The van der Waals surface area contributed by atoms with E-state index >= 15 is 0 Å². The minimum absolute atomic E-state index is 0.0525. The highest BCUT2D eigenvalue weighted by molar-refractivity contribution is 5.44. The van der Waals surface area contributed by atoms with Crippen molar-refractivity contribution in [3.63, 3.8) is 0 Å². The van der Waals surface area contributed by atoms with Gasteiger partial charge in [0.25, 0.3) is 0 Å². The van der Waals surface area contributed by atoms with E-state index in [2.05, 4.69) is 38.9 Å². The first kappa shape index (κ1) is 17.6. The predicted molar refractivity (Wildman–Crippen MR) is 91.2 cm³/mol. The lowest BCUT2D eigenvalue weighted by molar-refractivity contribution is 0.0359. The molecule has 0 saturated carbocycles. The summed E-state index contributed by atoms with van der Waals surface area (Å²) in [5.74, 6) is 2.50. The van der Waals surface area contributed by atoms with Gasteiger partial charge in [-0.3, -0.25) is 0 Å². The predicted octanol–water partition coefficient (Wildman–Crippen LogP) is 1.16. The summed E-state index contributed by atoms with van der Waals surface area (Å²) in [6, 6.07) is 1.99. The second-order valence-electron chi connectivity index (χ2n) is 6.34. The molecule has 9 heteroatoms. The molecule has 0 radical (unpaired) electrons. The third-order valence-corrected chi connectivity index (χ3v) is 3.99. The van der Waals surface area contributed by atoms with Gasteiger partial charge in [-0.05, 0) is 5.92 Å². The zero-order chi connectivity index (χ0) is 17.8. The van der Waals surface area contributed by atoms with Crippen LogP contribution in [0.4, 0.5) is 11.8 Å². The lowest BCUT2D eigenvalue weighted by Crippen LogP contribution is -2.44. The topological polar surface area (TPSA) is 112 Å². The molecule has 0 aromatic carbocycles. The van der Waals surface area contributed by atoms with Crippen LogP contribution in [0.2, 0.25) is 0 Å². The molecule has 9 nitrogen and oxygen atoms in total. The van der Waals surface area contributed by atoms with Crippen molar-refractivity contribution in [2.24, 2.45) is 0 Å². The molecule has 2 aromatic heterocycles. The second kappa shape index (κ2) is 7.75. The minimum atomic E-state index is -0.0525. The molecule has 1 aliphatic rings. The zero-order valence-electron chi connectivity index (χ0n) is 14.8. The lowest BCUT2D eigenvalue weighted by Gasteiger charge is -2.33. The number of hydrogen-bond donors (Lipinski definition) is 1. The second-order valence-corrected chi connectivity index (χ2v) is 6.34. The standard InChI is InChI=1S/C16H24N6O3/c1-10(2)12-7-14(20-16(17)18-12)22-4-5-24-11(8-22)6-15-19-13(9-23-3)21-25-15/h7,10-11H,4-6,8-9H2,1-3H3,(H2,17,18,20)/t11-/m1/s1. The van der Waals surface area contributed by atoms with Crippen molar-refractivity contribution < 1.29 is 14.0 Å². The molecular weight excluding hydrogens is 324 g/mol. The van der Waals surface area contributed by atoms with Gasteiger partial charge in [0.15, 0.2) is 5.82 Å². The van der Waals surface area contributed by atoms with E-state index in [0.717, 1.165) is 18.1 Å². The van der Waals surface area contributed by atoms with Crippen molar-refractivity contribution >= 4 is 11.8 Å². The first-order chi connectivity index (χ1) is 12.0. The van der Waals surface area contributed by atoms with E-state index in [9.17, 15) is 0 Å². The number of nitrogen functional groups attached to an aromatic ring is 1. The van der Waals surface area contributed by atoms with Crippen LogP contribution in [0.15, 0.2) is 10.6 Å². The maximum atomic E-state index is 5.87. The number of nitrogens with zero attached hydrogens (tertiary/aromatic N) is 5. The van der Waals surface area contributed by atoms with Gasteiger partial charge in [-0.15, -0.1) is 0 Å². The van der Waals surface area contributed by atoms with Crippen molar-refractivity contribution in [2.45, 2.75) is 38.9 Å². The Hall–Kier alpha value is -2.26. The zero-order valence-corrected chi connectivity index (χ0v) is 14.8. The van der Waals surface area contributed by atoms with E-state index in [1.165, 1.54) is 0 Å². The molecule has 0 bridgehead atoms. The molecule has 0 unspecified atom stereocenters. The molecule has 2 aromatic rings. The largest absolute Gasteiger partial charge is 0.377 e. The molecule has 3 heterocycles. The summed E-state index contributed by atoms with van der Waals surface area (Å²) in [5.41, 5.74) is 6.80. The van der Waals surface area contributed by atoms with Gasteiger partial charge in [0.2, 0.25) is 11.8 Å². The number of methoxy groups -OCH3 is 1. The molecule has 3 rings (SSSR count). The minimum Gasteiger partial charge on any atom is -0.377 e. The number of anilines is 2. The fourth-order valence-electron chi connectivity index (χ4n) is 2.74. The van der Waals surface area contributed by atoms with Crippen LogP contribution in [0, 0.1) is 0 Å². The number of ether oxygens (including phenoxy) is 2. The van der Waals surface area contributed by atoms with Crippen molar-refractivity contribution in [1.29, 1.82) is 0 Å². The molecular formula is C16H24N6O3. The fraction of sp³-hybridized carbons (Fsp3) is 0.625. The van der Waals surface area contributed by atoms with Crippen molar-refractivity contribution in [3.8, 4) is 0 Å². The van der Waals surface area contributed by atoms with E-state index in [1.54, 1.807) is 7.11 Å². The van der Waals surface area contributed by atoms with Crippen molar-refractivity contribution in [3.05, 3.63) is 23.5 Å². The number of morpholine rings is 1. The summed E-state index contributed by atoms with van der Waals surface area (Å²) in [6.07, 6.45) is 0.494. The van der Waals surface area contributed by atoms with Gasteiger partial charge in [0, 0.05) is 26.3 Å². The van der Waals surface area contributed by atoms with Crippen LogP contribution in [0.1, 0.15) is 37.2 Å². The molecule has 1 aliphatic heterocycles. The molecule has 1 saturated heterocycles. The van der Waals surface area contributed by atoms with Gasteiger partial charge in [0.05, 0.1) is 24.8 Å². The molecule has 1 atom stereocenters. The van der Waals surface area contributed by atoms with Crippen LogP contribution in [0.3, 0.4) is 0 Å². The highest BCUT2D eigenvalue weighted by Crippen LogP contribution is 2.22. The Balaban J connectivity index is 1.68. The average molecular weight is 348 g/mol. The highest BCUT2D eigenvalue weighted by Gasteiger charge is 2.25. The number of hydrogen-bond acceptors (Lipinski definition) is 9. The van der Waals surface area contributed by atoms with Crippen molar-refractivity contribution in [2.75, 3.05) is 37.4 Å². The van der Waals surface area contributed by atoms with Crippen LogP contribution in [-0.4, -0.2) is 53.0 Å². The highest BCUT2D eigenvalue weighted by atomic mass is 16.5. The molecule has 136 valence electrons. The maximum Gasteiger partial charge on any atom is 0.229 e. The van der Waals surface area contributed by atoms with Gasteiger partial charge in [-0.2, -0.15) is 9.97 Å². The number of rotatable bonds is 6. The van der Waals surface area contributed by atoms with E-state index in [-0.39, 0.29) is 6.10 Å². The molecule has 2 N–H and O–H groups in total. The Labute approximate surface area is 146 Å². The van der Waals surface area contributed by atoms with Gasteiger partial charge in [-0.1, -0.05) is 19.0 Å². The Kier molecular flexibility index (Phi) is 5.44. The third-order valence-electron chi connectivity index (χ3n) is 3.99. The van der Waals surface area contributed by atoms with E-state index in [4.69, 9.17) is 19.7 Å². The molecule has 25 heavy (non-hydrogen) atoms. The summed E-state index contributed by atoms with van der Waals surface area (Å²) in [4.78, 5) is 15.1. The van der Waals surface area contributed by atoms with Crippen LogP contribution in [0.25, 0.3) is 0 Å². The Morgan fingerprint density at radius 1 is 1.36 bits per heavy atom. The average Bonchev–Trinajstić information content (AvgIpc) is 3.02. The van der Waals surface area contributed by atoms with Crippen LogP contribution in [-0.2, 0) is 22.5 Å². The SMILES string of the molecule is COCc1noc(C[C@@H]2CN(c3cc(C(C)C)nc(N)n3)CCO2)n1. The molecule has 0 amide bonds. The van der Waals surface area contributed by atoms with E-state index in [0.29, 0.717) is 49.8 Å². The molecule has 0 spiro atoms. The molecule has 1 fully saturated rings. The lowest BCUT2D eigenvalue weighted by atomic mass is 10.1. The smallest absolute Gasteiger partial charge is 0.229 e. The van der Waals surface area contributed by atoms with Gasteiger partial charge in [0.1, 0.15) is 12.4 Å². The van der Waals surface area contributed by atoms with Gasteiger partial charge < -0.3 is 24.6 Å². The number of nitrogens with two attached hydrogens (primary N) is 1. The van der Waals surface area contributed by atoms with Crippen molar-refractivity contribution in [1.82, 2.24) is 20.1 Å². The van der Waals surface area contributed by atoms with Crippen LogP contribution < -0.4 is 10.6 Å². The summed E-state index contributed by atoms with van der Waals surface area (Å²) in [5, 5.41) is 3.87. The van der Waals surface area contributed by atoms with Gasteiger partial charge in [-0.25, -0.2) is 4.98 Å². The quantitative estimate of drug-likeness (QED) is 0.821. The number of aromatic nitrogens is 4. The fourth-order valence-corrected chi connectivity index (χ4v) is 2.74.